The van der Waals surface area contributed by atoms with Crippen LogP contribution in [0.1, 0.15) is 27.2 Å². The maximum atomic E-state index is 12.6. The van der Waals surface area contributed by atoms with Crippen molar-refractivity contribution < 1.29 is 9.53 Å². The van der Waals surface area contributed by atoms with Crippen LogP contribution in [0.2, 0.25) is 0 Å². The summed E-state index contributed by atoms with van der Waals surface area (Å²) < 4.78 is 5.19. The Kier molecular flexibility index (Phi) is 4.57. The minimum absolute atomic E-state index is 0.200. The van der Waals surface area contributed by atoms with E-state index in [4.69, 9.17) is 4.74 Å². The average molecular weight is 335 g/mol. The monoisotopic (exact) mass is 335 g/mol. The van der Waals surface area contributed by atoms with Gasteiger partial charge in [0.2, 0.25) is 0 Å². The van der Waals surface area contributed by atoms with Gasteiger partial charge in [0.15, 0.2) is 0 Å². The topological polar surface area (TPSA) is 67.0 Å². The molecule has 0 unspecified atom stereocenters. The molecule has 0 fully saturated rings. The second kappa shape index (κ2) is 6.81. The van der Waals surface area contributed by atoms with Gasteiger partial charge in [0.05, 0.1) is 18.5 Å². The molecule has 0 aliphatic heterocycles. The van der Waals surface area contributed by atoms with Gasteiger partial charge in [-0.2, -0.15) is 5.10 Å². The number of nitrogens with zero attached hydrogens (tertiary/aromatic N) is 1. The molecule has 0 atom stereocenters. The summed E-state index contributed by atoms with van der Waals surface area (Å²) in [7, 11) is 1.58. The van der Waals surface area contributed by atoms with Gasteiger partial charge in [-0.1, -0.05) is 29.8 Å². The predicted octanol–water partition coefficient (Wildman–Crippen LogP) is 4.26. The SMILES string of the molecule is COc1cccc(C(=O)Nc2c(-c3ccc(C)cc3C)n[nH]c2C)c1. The fourth-order valence-electron chi connectivity index (χ4n) is 2.81. The largest absolute Gasteiger partial charge is 0.497 e. The van der Waals surface area contributed by atoms with E-state index in [0.29, 0.717) is 17.0 Å². The Hall–Kier alpha value is -3.08. The molecule has 3 aromatic rings. The van der Waals surface area contributed by atoms with Gasteiger partial charge in [0, 0.05) is 11.1 Å². The number of carbonyl (C=O) groups is 1. The lowest BCUT2D eigenvalue weighted by atomic mass is 10.0. The van der Waals surface area contributed by atoms with Crippen LogP contribution >= 0.6 is 0 Å². The Labute approximate surface area is 147 Å². The van der Waals surface area contributed by atoms with E-state index in [-0.39, 0.29) is 5.91 Å². The highest BCUT2D eigenvalue weighted by Gasteiger charge is 2.17. The second-order valence-electron chi connectivity index (χ2n) is 6.08. The van der Waals surface area contributed by atoms with Gasteiger partial charge in [0.1, 0.15) is 11.4 Å². The van der Waals surface area contributed by atoms with Crippen molar-refractivity contribution in [3.63, 3.8) is 0 Å². The number of aryl methyl sites for hydroxylation is 3. The first-order valence-corrected chi connectivity index (χ1v) is 8.07. The summed E-state index contributed by atoms with van der Waals surface area (Å²) in [5.41, 5.74) is 6.08. The Balaban J connectivity index is 1.95. The van der Waals surface area contributed by atoms with Crippen LogP contribution in [0.4, 0.5) is 5.69 Å². The number of benzene rings is 2. The fourth-order valence-corrected chi connectivity index (χ4v) is 2.81. The highest BCUT2D eigenvalue weighted by atomic mass is 16.5. The first-order chi connectivity index (χ1) is 12.0. The van der Waals surface area contributed by atoms with E-state index >= 15 is 0 Å². The van der Waals surface area contributed by atoms with Crippen molar-refractivity contribution in [2.45, 2.75) is 20.8 Å². The molecule has 128 valence electrons. The summed E-state index contributed by atoms with van der Waals surface area (Å²) in [4.78, 5) is 12.6. The maximum absolute atomic E-state index is 12.6. The average Bonchev–Trinajstić information content (AvgIpc) is 2.95. The summed E-state index contributed by atoms with van der Waals surface area (Å²) in [5.74, 6) is 0.445. The molecule has 25 heavy (non-hydrogen) atoms. The van der Waals surface area contributed by atoms with Gasteiger partial charge in [-0.3, -0.25) is 9.89 Å². The van der Waals surface area contributed by atoms with Crippen LogP contribution in [0, 0.1) is 20.8 Å². The van der Waals surface area contributed by atoms with E-state index in [0.717, 1.165) is 22.5 Å². The summed E-state index contributed by atoms with van der Waals surface area (Å²) in [5, 5.41) is 10.3. The summed E-state index contributed by atoms with van der Waals surface area (Å²) >= 11 is 0. The molecule has 0 bridgehead atoms. The van der Waals surface area contributed by atoms with Crippen molar-refractivity contribution in [3.05, 3.63) is 64.8 Å². The number of aromatic nitrogens is 2. The van der Waals surface area contributed by atoms with Gasteiger partial charge in [-0.05, 0) is 44.5 Å². The number of H-pyrrole nitrogens is 1. The van der Waals surface area contributed by atoms with E-state index in [1.165, 1.54) is 5.56 Å². The van der Waals surface area contributed by atoms with E-state index in [9.17, 15) is 4.79 Å². The molecule has 0 radical (unpaired) electrons. The molecule has 2 aromatic carbocycles. The number of amides is 1. The molecule has 5 heteroatoms. The maximum Gasteiger partial charge on any atom is 0.255 e. The van der Waals surface area contributed by atoms with E-state index in [1.807, 2.05) is 26.0 Å². The van der Waals surface area contributed by atoms with Crippen molar-refractivity contribution in [1.82, 2.24) is 10.2 Å². The standard InChI is InChI=1S/C20H21N3O2/c1-12-8-9-17(13(2)10-12)19-18(14(3)22-23-19)21-20(24)15-6-5-7-16(11-15)25-4/h5-11H,1-4H3,(H,21,24)(H,22,23). The zero-order chi connectivity index (χ0) is 18.0. The molecule has 1 heterocycles. The van der Waals surface area contributed by atoms with E-state index < -0.39 is 0 Å². The first-order valence-electron chi connectivity index (χ1n) is 8.07. The molecule has 0 saturated heterocycles. The number of carbonyl (C=O) groups excluding carboxylic acids is 1. The van der Waals surface area contributed by atoms with E-state index in [1.54, 1.807) is 31.4 Å². The van der Waals surface area contributed by atoms with Crippen LogP contribution in [0.5, 0.6) is 5.75 Å². The summed E-state index contributed by atoms with van der Waals surface area (Å²) in [6, 6.07) is 13.2. The van der Waals surface area contributed by atoms with Crippen molar-refractivity contribution in [2.75, 3.05) is 12.4 Å². The fraction of sp³-hybridized carbons (Fsp3) is 0.200. The van der Waals surface area contributed by atoms with Crippen molar-refractivity contribution in [2.24, 2.45) is 0 Å². The lowest BCUT2D eigenvalue weighted by Gasteiger charge is -2.10. The molecule has 0 spiro atoms. The van der Waals surface area contributed by atoms with Gasteiger partial charge < -0.3 is 10.1 Å². The zero-order valence-corrected chi connectivity index (χ0v) is 14.8. The third-order valence-corrected chi connectivity index (χ3v) is 4.15. The van der Waals surface area contributed by atoms with Crippen LogP contribution in [-0.2, 0) is 0 Å². The normalized spacial score (nSPS) is 10.6. The molecule has 0 aliphatic carbocycles. The Morgan fingerprint density at radius 2 is 1.92 bits per heavy atom. The zero-order valence-electron chi connectivity index (χ0n) is 14.8. The first kappa shape index (κ1) is 16.8. The van der Waals surface area contributed by atoms with Crippen LogP contribution < -0.4 is 10.1 Å². The third-order valence-electron chi connectivity index (χ3n) is 4.15. The number of ether oxygens (including phenoxy) is 1. The van der Waals surface area contributed by atoms with Crippen LogP contribution in [0.25, 0.3) is 11.3 Å². The molecule has 2 N–H and O–H groups in total. The van der Waals surface area contributed by atoms with Crippen molar-refractivity contribution in [3.8, 4) is 17.0 Å². The van der Waals surface area contributed by atoms with Gasteiger partial charge in [-0.25, -0.2) is 0 Å². The molecule has 1 aromatic heterocycles. The molecule has 1 amide bonds. The van der Waals surface area contributed by atoms with Gasteiger partial charge >= 0.3 is 0 Å². The second-order valence-corrected chi connectivity index (χ2v) is 6.08. The lowest BCUT2D eigenvalue weighted by Crippen LogP contribution is -2.13. The Morgan fingerprint density at radius 1 is 1.12 bits per heavy atom. The smallest absolute Gasteiger partial charge is 0.255 e. The molecular weight excluding hydrogens is 314 g/mol. The number of rotatable bonds is 4. The molecule has 0 aliphatic rings. The number of methoxy groups -OCH3 is 1. The van der Waals surface area contributed by atoms with Gasteiger partial charge in [0.25, 0.3) is 5.91 Å². The molecule has 0 saturated carbocycles. The molecule has 3 rings (SSSR count). The van der Waals surface area contributed by atoms with Crippen LogP contribution in [-0.4, -0.2) is 23.2 Å². The minimum atomic E-state index is -0.200. The number of nitrogens with one attached hydrogen (secondary N) is 2. The van der Waals surface area contributed by atoms with E-state index in [2.05, 4.69) is 28.5 Å². The predicted molar refractivity (Wildman–Crippen MR) is 99.2 cm³/mol. The Bertz CT molecular complexity index is 928. The minimum Gasteiger partial charge on any atom is -0.497 e. The number of aromatic amines is 1. The van der Waals surface area contributed by atoms with Gasteiger partial charge in [-0.15, -0.1) is 0 Å². The molecular formula is C20H21N3O2. The quantitative estimate of drug-likeness (QED) is 0.748. The summed E-state index contributed by atoms with van der Waals surface area (Å²) in [6.45, 7) is 5.99. The highest BCUT2D eigenvalue weighted by molar-refractivity contribution is 6.06. The third kappa shape index (κ3) is 3.40. The number of hydrogen-bond donors (Lipinski definition) is 2. The number of anilines is 1. The van der Waals surface area contributed by atoms with Crippen molar-refractivity contribution in [1.29, 1.82) is 0 Å². The highest BCUT2D eigenvalue weighted by Crippen LogP contribution is 2.31. The Morgan fingerprint density at radius 3 is 2.64 bits per heavy atom. The van der Waals surface area contributed by atoms with Crippen LogP contribution in [0.15, 0.2) is 42.5 Å². The lowest BCUT2D eigenvalue weighted by molar-refractivity contribution is 0.102. The van der Waals surface area contributed by atoms with Crippen molar-refractivity contribution >= 4 is 11.6 Å². The number of hydrogen-bond acceptors (Lipinski definition) is 3. The molecule has 5 nitrogen and oxygen atoms in total. The summed E-state index contributed by atoms with van der Waals surface area (Å²) in [6.07, 6.45) is 0. The van der Waals surface area contributed by atoms with Crippen LogP contribution in [0.3, 0.4) is 0 Å².